The molecule has 0 spiro atoms. The molecule has 1 amide bonds. The van der Waals surface area contributed by atoms with E-state index in [1.807, 2.05) is 4.90 Å². The fourth-order valence-corrected chi connectivity index (χ4v) is 3.60. The van der Waals surface area contributed by atoms with Crippen molar-refractivity contribution in [2.75, 3.05) is 13.1 Å². The number of rotatable bonds is 5. The lowest BCUT2D eigenvalue weighted by molar-refractivity contribution is 0.0792. The van der Waals surface area contributed by atoms with Crippen molar-refractivity contribution < 1.29 is 13.9 Å². The molecule has 1 aliphatic heterocycles. The zero-order valence-electron chi connectivity index (χ0n) is 14.6. The van der Waals surface area contributed by atoms with Gasteiger partial charge in [0.15, 0.2) is 5.82 Å². The molecule has 0 radical (unpaired) electrons. The van der Waals surface area contributed by atoms with Gasteiger partial charge < -0.3 is 9.64 Å². The van der Waals surface area contributed by atoms with Crippen molar-refractivity contribution in [1.82, 2.24) is 14.3 Å². The Balaban J connectivity index is 1.43. The minimum absolute atomic E-state index is 0.0345. The maximum atomic E-state index is 13.0. The third-order valence-electron chi connectivity index (χ3n) is 4.40. The van der Waals surface area contributed by atoms with Gasteiger partial charge in [-0.2, -0.15) is 9.36 Å². The molecular formula is C20H18FN3O2S. The number of benzene rings is 2. The molecule has 7 heteroatoms. The molecule has 0 atom stereocenters. The molecule has 2 aromatic carbocycles. The first kappa shape index (κ1) is 17.6. The van der Waals surface area contributed by atoms with Crippen molar-refractivity contribution in [3.05, 3.63) is 71.3 Å². The third kappa shape index (κ3) is 4.31. The number of amides is 1. The number of carbonyl (C=O) groups is 1. The van der Waals surface area contributed by atoms with Crippen LogP contribution in [-0.2, 0) is 6.42 Å². The number of hydrogen-bond donors (Lipinski definition) is 0. The molecule has 138 valence electrons. The molecule has 27 heavy (non-hydrogen) atoms. The van der Waals surface area contributed by atoms with Crippen LogP contribution in [0.3, 0.4) is 0 Å². The van der Waals surface area contributed by atoms with E-state index in [0.717, 1.165) is 43.0 Å². The van der Waals surface area contributed by atoms with Crippen molar-refractivity contribution in [2.24, 2.45) is 0 Å². The van der Waals surface area contributed by atoms with Crippen LogP contribution in [0.25, 0.3) is 0 Å². The van der Waals surface area contributed by atoms with Gasteiger partial charge in [0.1, 0.15) is 11.6 Å². The van der Waals surface area contributed by atoms with Gasteiger partial charge in [0.05, 0.1) is 0 Å². The van der Waals surface area contributed by atoms with Gasteiger partial charge in [0, 0.05) is 36.6 Å². The van der Waals surface area contributed by atoms with Crippen molar-refractivity contribution in [3.8, 4) is 10.9 Å². The molecule has 3 aromatic rings. The third-order valence-corrected chi connectivity index (χ3v) is 5.04. The molecule has 0 saturated carbocycles. The fourth-order valence-electron chi connectivity index (χ4n) is 3.03. The normalized spacial score (nSPS) is 13.7. The molecule has 0 aliphatic carbocycles. The van der Waals surface area contributed by atoms with Crippen LogP contribution in [0.5, 0.6) is 10.9 Å². The quantitative estimate of drug-likeness (QED) is 0.659. The smallest absolute Gasteiger partial charge is 0.298 e. The van der Waals surface area contributed by atoms with E-state index in [0.29, 0.717) is 28.8 Å². The predicted octanol–water partition coefficient (Wildman–Crippen LogP) is 4.30. The van der Waals surface area contributed by atoms with Gasteiger partial charge in [-0.25, -0.2) is 4.39 Å². The summed E-state index contributed by atoms with van der Waals surface area (Å²) in [6.45, 7) is 1.63. The molecule has 1 saturated heterocycles. The summed E-state index contributed by atoms with van der Waals surface area (Å²) in [5, 5.41) is 0.415. The maximum Gasteiger partial charge on any atom is 0.298 e. The first-order chi connectivity index (χ1) is 13.2. The SMILES string of the molecule is O=C(c1cccc(Oc2nc(Cc3ccc(F)cc3)ns2)c1)N1CCCC1. The topological polar surface area (TPSA) is 55.3 Å². The molecule has 5 nitrogen and oxygen atoms in total. The van der Waals surface area contributed by atoms with E-state index >= 15 is 0 Å². The summed E-state index contributed by atoms with van der Waals surface area (Å²) in [4.78, 5) is 18.7. The van der Waals surface area contributed by atoms with Gasteiger partial charge in [0.25, 0.3) is 11.1 Å². The Labute approximate surface area is 160 Å². The number of halogens is 1. The molecule has 2 heterocycles. The Hall–Kier alpha value is -2.80. The van der Waals surface area contributed by atoms with Gasteiger partial charge in [-0.15, -0.1) is 0 Å². The molecule has 4 rings (SSSR count). The number of nitrogens with zero attached hydrogens (tertiary/aromatic N) is 3. The maximum absolute atomic E-state index is 13.0. The van der Waals surface area contributed by atoms with Gasteiger partial charge >= 0.3 is 0 Å². The second-order valence-corrected chi connectivity index (χ2v) is 7.12. The van der Waals surface area contributed by atoms with E-state index in [-0.39, 0.29) is 11.7 Å². The van der Waals surface area contributed by atoms with Crippen LogP contribution in [-0.4, -0.2) is 33.3 Å². The highest BCUT2D eigenvalue weighted by atomic mass is 32.1. The Morgan fingerprint density at radius 2 is 1.93 bits per heavy atom. The number of aromatic nitrogens is 2. The van der Waals surface area contributed by atoms with E-state index in [2.05, 4.69) is 9.36 Å². The summed E-state index contributed by atoms with van der Waals surface area (Å²) < 4.78 is 23.1. The molecule has 0 unspecified atom stereocenters. The average Bonchev–Trinajstić information content (AvgIpc) is 3.36. The largest absolute Gasteiger partial charge is 0.430 e. The number of ether oxygens (including phenoxy) is 1. The number of carbonyl (C=O) groups excluding carboxylic acids is 1. The Morgan fingerprint density at radius 3 is 2.70 bits per heavy atom. The first-order valence-electron chi connectivity index (χ1n) is 8.81. The lowest BCUT2D eigenvalue weighted by atomic mass is 10.1. The monoisotopic (exact) mass is 383 g/mol. The van der Waals surface area contributed by atoms with Crippen molar-refractivity contribution in [1.29, 1.82) is 0 Å². The van der Waals surface area contributed by atoms with Crippen molar-refractivity contribution in [3.63, 3.8) is 0 Å². The van der Waals surface area contributed by atoms with E-state index in [1.54, 1.807) is 36.4 Å². The van der Waals surface area contributed by atoms with E-state index in [1.165, 1.54) is 12.1 Å². The Morgan fingerprint density at radius 1 is 1.15 bits per heavy atom. The zero-order chi connectivity index (χ0) is 18.6. The molecule has 1 aromatic heterocycles. The van der Waals surface area contributed by atoms with Gasteiger partial charge in [-0.3, -0.25) is 4.79 Å². The van der Waals surface area contributed by atoms with Crippen LogP contribution in [0.1, 0.15) is 34.6 Å². The average molecular weight is 383 g/mol. The minimum atomic E-state index is -0.266. The highest BCUT2D eigenvalue weighted by Gasteiger charge is 2.20. The lowest BCUT2D eigenvalue weighted by Crippen LogP contribution is -2.27. The Kier molecular flexibility index (Phi) is 5.11. The summed E-state index contributed by atoms with van der Waals surface area (Å²) in [5.74, 6) is 0.944. The first-order valence-corrected chi connectivity index (χ1v) is 9.59. The summed E-state index contributed by atoms with van der Waals surface area (Å²) in [7, 11) is 0. The van der Waals surface area contributed by atoms with E-state index in [9.17, 15) is 9.18 Å². The number of hydrogen-bond acceptors (Lipinski definition) is 5. The highest BCUT2D eigenvalue weighted by molar-refractivity contribution is 7.07. The Bertz CT molecular complexity index is 936. The van der Waals surface area contributed by atoms with E-state index in [4.69, 9.17) is 4.74 Å². The fraction of sp³-hybridized carbons (Fsp3) is 0.250. The molecule has 0 N–H and O–H groups in total. The van der Waals surface area contributed by atoms with Crippen LogP contribution < -0.4 is 4.74 Å². The van der Waals surface area contributed by atoms with Crippen molar-refractivity contribution in [2.45, 2.75) is 19.3 Å². The second kappa shape index (κ2) is 7.84. The van der Waals surface area contributed by atoms with Crippen LogP contribution in [0, 0.1) is 5.82 Å². The summed E-state index contributed by atoms with van der Waals surface area (Å²) in [5.41, 5.74) is 1.55. The second-order valence-electron chi connectivity index (χ2n) is 6.41. The summed E-state index contributed by atoms with van der Waals surface area (Å²) >= 11 is 1.15. The summed E-state index contributed by atoms with van der Waals surface area (Å²) in [6.07, 6.45) is 2.63. The van der Waals surface area contributed by atoms with Gasteiger partial charge in [-0.05, 0) is 48.7 Å². The highest BCUT2D eigenvalue weighted by Crippen LogP contribution is 2.25. The van der Waals surface area contributed by atoms with Crippen LogP contribution >= 0.6 is 11.5 Å². The lowest BCUT2D eigenvalue weighted by Gasteiger charge is -2.15. The van der Waals surface area contributed by atoms with Gasteiger partial charge in [0.2, 0.25) is 0 Å². The standard InChI is InChI=1S/C20H18FN3O2S/c21-16-8-6-14(7-9-16)12-18-22-20(27-23-18)26-17-5-3-4-15(13-17)19(25)24-10-1-2-11-24/h3-9,13H,1-2,10-12H2. The van der Waals surface area contributed by atoms with Crippen molar-refractivity contribution >= 4 is 17.4 Å². The number of likely N-dealkylation sites (tertiary alicyclic amines) is 1. The molecule has 1 fully saturated rings. The van der Waals surface area contributed by atoms with Gasteiger partial charge in [-0.1, -0.05) is 18.2 Å². The molecule has 0 bridgehead atoms. The van der Waals surface area contributed by atoms with Crippen LogP contribution in [0.15, 0.2) is 48.5 Å². The predicted molar refractivity (Wildman–Crippen MR) is 101 cm³/mol. The van der Waals surface area contributed by atoms with Crippen LogP contribution in [0.4, 0.5) is 4.39 Å². The van der Waals surface area contributed by atoms with E-state index < -0.39 is 0 Å². The van der Waals surface area contributed by atoms with Crippen LogP contribution in [0.2, 0.25) is 0 Å². The summed E-state index contributed by atoms with van der Waals surface area (Å²) in [6, 6.07) is 13.4. The zero-order valence-corrected chi connectivity index (χ0v) is 15.4. The molecular weight excluding hydrogens is 365 g/mol. The molecule has 1 aliphatic rings. The minimum Gasteiger partial charge on any atom is -0.430 e.